The van der Waals surface area contributed by atoms with Crippen molar-refractivity contribution in [1.29, 1.82) is 0 Å². The number of urea groups is 1. The van der Waals surface area contributed by atoms with Gasteiger partial charge in [0.25, 0.3) is 0 Å². The van der Waals surface area contributed by atoms with Gasteiger partial charge in [0.15, 0.2) is 0 Å². The highest BCUT2D eigenvalue weighted by atomic mass is 16.2. The predicted molar refractivity (Wildman–Crippen MR) is 66.3 cm³/mol. The van der Waals surface area contributed by atoms with Crippen LogP contribution in [0.1, 0.15) is 45.4 Å². The molecule has 0 saturated heterocycles. The number of rotatable bonds is 6. The van der Waals surface area contributed by atoms with Crippen LogP contribution in [0.25, 0.3) is 0 Å². The molecule has 0 radical (unpaired) electrons. The zero-order valence-corrected chi connectivity index (χ0v) is 10.4. The van der Waals surface area contributed by atoms with Crippen molar-refractivity contribution in [2.24, 2.45) is 5.73 Å². The maximum Gasteiger partial charge on any atom is 0.317 e. The second-order valence-electron chi connectivity index (χ2n) is 4.56. The fourth-order valence-corrected chi connectivity index (χ4v) is 2.16. The van der Waals surface area contributed by atoms with E-state index in [9.17, 15) is 4.79 Å². The summed E-state index contributed by atoms with van der Waals surface area (Å²) in [6.07, 6.45) is 6.93. The number of carbonyl (C=O) groups is 1. The van der Waals surface area contributed by atoms with Crippen LogP contribution in [0.4, 0.5) is 4.79 Å². The van der Waals surface area contributed by atoms with E-state index in [4.69, 9.17) is 5.73 Å². The van der Waals surface area contributed by atoms with Gasteiger partial charge >= 0.3 is 6.03 Å². The van der Waals surface area contributed by atoms with Gasteiger partial charge in [0.2, 0.25) is 0 Å². The quantitative estimate of drug-likeness (QED) is 0.725. The summed E-state index contributed by atoms with van der Waals surface area (Å²) < 4.78 is 0. The second-order valence-corrected chi connectivity index (χ2v) is 4.56. The number of hydrogen-bond acceptors (Lipinski definition) is 2. The standard InChI is InChI=1S/C12H25N3O/c1-2-3-9-15(10-8-13)12(16)14-11-6-4-5-7-11/h11H,2-10,13H2,1H3,(H,14,16). The lowest BCUT2D eigenvalue weighted by atomic mass is 10.2. The molecule has 0 aromatic heterocycles. The minimum Gasteiger partial charge on any atom is -0.335 e. The van der Waals surface area contributed by atoms with Gasteiger partial charge in [-0.05, 0) is 19.3 Å². The first-order valence-corrected chi connectivity index (χ1v) is 6.53. The maximum absolute atomic E-state index is 12.0. The van der Waals surface area contributed by atoms with E-state index >= 15 is 0 Å². The molecular formula is C12H25N3O. The van der Waals surface area contributed by atoms with E-state index in [1.165, 1.54) is 12.8 Å². The van der Waals surface area contributed by atoms with E-state index in [-0.39, 0.29) is 6.03 Å². The highest BCUT2D eigenvalue weighted by molar-refractivity contribution is 5.74. The van der Waals surface area contributed by atoms with E-state index in [0.717, 1.165) is 32.2 Å². The summed E-state index contributed by atoms with van der Waals surface area (Å²) in [5.41, 5.74) is 5.53. The summed E-state index contributed by atoms with van der Waals surface area (Å²) >= 11 is 0. The third kappa shape index (κ3) is 4.39. The summed E-state index contributed by atoms with van der Waals surface area (Å²) in [5, 5.41) is 3.10. The number of unbranched alkanes of at least 4 members (excludes halogenated alkanes) is 1. The molecular weight excluding hydrogens is 202 g/mol. The van der Waals surface area contributed by atoms with Crippen molar-refractivity contribution in [1.82, 2.24) is 10.2 Å². The summed E-state index contributed by atoms with van der Waals surface area (Å²) in [6.45, 7) is 4.17. The molecule has 0 heterocycles. The molecule has 0 aromatic rings. The second kappa shape index (κ2) is 7.49. The molecule has 2 amide bonds. The predicted octanol–water partition coefficient (Wildman–Crippen LogP) is 1.70. The molecule has 1 saturated carbocycles. The molecule has 3 N–H and O–H groups in total. The number of carbonyl (C=O) groups excluding carboxylic acids is 1. The monoisotopic (exact) mass is 227 g/mol. The van der Waals surface area contributed by atoms with Crippen LogP contribution in [-0.4, -0.2) is 36.6 Å². The van der Waals surface area contributed by atoms with Crippen molar-refractivity contribution in [3.63, 3.8) is 0 Å². The Bertz CT molecular complexity index is 202. The average molecular weight is 227 g/mol. The molecule has 4 nitrogen and oxygen atoms in total. The summed E-state index contributed by atoms with van der Waals surface area (Å²) in [4.78, 5) is 13.8. The summed E-state index contributed by atoms with van der Waals surface area (Å²) in [7, 11) is 0. The van der Waals surface area contributed by atoms with Crippen LogP contribution in [0.2, 0.25) is 0 Å². The highest BCUT2D eigenvalue weighted by Crippen LogP contribution is 2.17. The van der Waals surface area contributed by atoms with Gasteiger partial charge in [0, 0.05) is 25.7 Å². The van der Waals surface area contributed by atoms with Crippen LogP contribution in [0.5, 0.6) is 0 Å². The third-order valence-electron chi connectivity index (χ3n) is 3.15. The zero-order valence-electron chi connectivity index (χ0n) is 10.4. The molecule has 1 aliphatic rings. The number of hydrogen-bond donors (Lipinski definition) is 2. The zero-order chi connectivity index (χ0) is 11.8. The van der Waals surface area contributed by atoms with E-state index < -0.39 is 0 Å². The average Bonchev–Trinajstić information content (AvgIpc) is 2.76. The highest BCUT2D eigenvalue weighted by Gasteiger charge is 2.20. The number of amides is 2. The molecule has 0 aromatic carbocycles. The van der Waals surface area contributed by atoms with Crippen LogP contribution < -0.4 is 11.1 Å². The molecule has 4 heteroatoms. The van der Waals surface area contributed by atoms with Crippen molar-refractivity contribution in [2.75, 3.05) is 19.6 Å². The Morgan fingerprint density at radius 1 is 1.38 bits per heavy atom. The Kier molecular flexibility index (Phi) is 6.23. The van der Waals surface area contributed by atoms with Gasteiger partial charge in [-0.25, -0.2) is 4.79 Å². The molecule has 0 spiro atoms. The van der Waals surface area contributed by atoms with Gasteiger partial charge in [-0.15, -0.1) is 0 Å². The SMILES string of the molecule is CCCCN(CCN)C(=O)NC1CCCC1. The van der Waals surface area contributed by atoms with Crippen molar-refractivity contribution in [3.05, 3.63) is 0 Å². The lowest BCUT2D eigenvalue weighted by Crippen LogP contribution is -2.46. The lowest BCUT2D eigenvalue weighted by Gasteiger charge is -2.24. The van der Waals surface area contributed by atoms with Gasteiger partial charge in [-0.2, -0.15) is 0 Å². The molecule has 0 unspecified atom stereocenters. The van der Waals surface area contributed by atoms with Crippen molar-refractivity contribution in [2.45, 2.75) is 51.5 Å². The molecule has 1 aliphatic carbocycles. The minimum atomic E-state index is 0.0748. The molecule has 1 rings (SSSR count). The molecule has 94 valence electrons. The molecule has 16 heavy (non-hydrogen) atoms. The summed E-state index contributed by atoms with van der Waals surface area (Å²) in [6, 6.07) is 0.472. The van der Waals surface area contributed by atoms with Crippen LogP contribution >= 0.6 is 0 Å². The Labute approximate surface area is 98.6 Å². The van der Waals surface area contributed by atoms with Crippen LogP contribution in [0.15, 0.2) is 0 Å². The van der Waals surface area contributed by atoms with Crippen LogP contribution in [0.3, 0.4) is 0 Å². The molecule has 0 bridgehead atoms. The van der Waals surface area contributed by atoms with Gasteiger partial charge in [0.05, 0.1) is 0 Å². The van der Waals surface area contributed by atoms with Crippen molar-refractivity contribution < 1.29 is 4.79 Å². The topological polar surface area (TPSA) is 58.4 Å². The fourth-order valence-electron chi connectivity index (χ4n) is 2.16. The first-order valence-electron chi connectivity index (χ1n) is 6.53. The molecule has 0 aliphatic heterocycles. The number of nitrogens with one attached hydrogen (secondary N) is 1. The molecule has 0 atom stereocenters. The van der Waals surface area contributed by atoms with Crippen molar-refractivity contribution in [3.8, 4) is 0 Å². The Hall–Kier alpha value is -0.770. The van der Waals surface area contributed by atoms with Gasteiger partial charge in [0.1, 0.15) is 0 Å². The largest absolute Gasteiger partial charge is 0.335 e. The minimum absolute atomic E-state index is 0.0748. The number of nitrogens with two attached hydrogens (primary N) is 1. The smallest absolute Gasteiger partial charge is 0.317 e. The summed E-state index contributed by atoms with van der Waals surface area (Å²) in [5.74, 6) is 0. The Morgan fingerprint density at radius 2 is 2.06 bits per heavy atom. The molecule has 1 fully saturated rings. The van der Waals surface area contributed by atoms with E-state index in [1.54, 1.807) is 0 Å². The van der Waals surface area contributed by atoms with Gasteiger partial charge in [-0.1, -0.05) is 26.2 Å². The van der Waals surface area contributed by atoms with Gasteiger partial charge in [-0.3, -0.25) is 0 Å². The third-order valence-corrected chi connectivity index (χ3v) is 3.15. The van der Waals surface area contributed by atoms with Gasteiger partial charge < -0.3 is 16.0 Å². The van der Waals surface area contributed by atoms with Crippen molar-refractivity contribution >= 4 is 6.03 Å². The number of nitrogens with zero attached hydrogens (tertiary/aromatic N) is 1. The van der Waals surface area contributed by atoms with Crippen LogP contribution in [0, 0.1) is 0 Å². The van der Waals surface area contributed by atoms with E-state index in [2.05, 4.69) is 12.2 Å². The van der Waals surface area contributed by atoms with Crippen LogP contribution in [-0.2, 0) is 0 Å². The van der Waals surface area contributed by atoms with E-state index in [1.807, 2.05) is 4.90 Å². The first-order chi connectivity index (χ1) is 7.77. The fraction of sp³-hybridized carbons (Fsp3) is 0.917. The first kappa shape index (κ1) is 13.3. The Morgan fingerprint density at radius 3 is 2.62 bits per heavy atom. The maximum atomic E-state index is 12.0. The normalized spacial score (nSPS) is 16.4. The lowest BCUT2D eigenvalue weighted by molar-refractivity contribution is 0.194. The Balaban J connectivity index is 2.32. The van der Waals surface area contributed by atoms with E-state index in [0.29, 0.717) is 19.1 Å².